The molecule has 0 aliphatic carbocycles. The molecule has 1 aliphatic heterocycles. The molecule has 1 saturated heterocycles. The van der Waals surface area contributed by atoms with E-state index in [1.807, 2.05) is 25.1 Å². The zero-order valence-corrected chi connectivity index (χ0v) is 12.5. The van der Waals surface area contributed by atoms with Gasteiger partial charge in [-0.1, -0.05) is 18.1 Å². The summed E-state index contributed by atoms with van der Waals surface area (Å²) in [6.45, 7) is 5.07. The molecule has 1 amide bonds. The minimum absolute atomic E-state index is 0.0644. The Morgan fingerprint density at radius 3 is 2.90 bits per heavy atom. The Balaban J connectivity index is 2.05. The second-order valence-corrected chi connectivity index (χ2v) is 5.52. The maximum atomic E-state index is 12.4. The van der Waals surface area contributed by atoms with Gasteiger partial charge in [-0.3, -0.25) is 4.79 Å². The van der Waals surface area contributed by atoms with Gasteiger partial charge in [-0.25, -0.2) is 0 Å². The summed E-state index contributed by atoms with van der Waals surface area (Å²) in [7, 11) is 1.59. The van der Waals surface area contributed by atoms with E-state index in [1.165, 1.54) is 12.8 Å². The van der Waals surface area contributed by atoms with Crippen LogP contribution in [-0.4, -0.2) is 31.6 Å². The molecule has 0 saturated carbocycles. The predicted octanol–water partition coefficient (Wildman–Crippen LogP) is 2.26. The number of carbonyl (C=O) groups is 1. The molecule has 2 atom stereocenters. The van der Waals surface area contributed by atoms with Crippen LogP contribution in [0.25, 0.3) is 0 Å². The number of amides is 1. The number of ether oxygens (including phenoxy) is 1. The van der Waals surface area contributed by atoms with Crippen LogP contribution in [0.15, 0.2) is 18.2 Å². The van der Waals surface area contributed by atoms with E-state index >= 15 is 0 Å². The van der Waals surface area contributed by atoms with Crippen LogP contribution in [0.1, 0.15) is 42.1 Å². The lowest BCUT2D eigenvalue weighted by atomic mass is 9.98. The fourth-order valence-corrected chi connectivity index (χ4v) is 2.69. The van der Waals surface area contributed by atoms with Gasteiger partial charge in [0, 0.05) is 12.1 Å². The summed E-state index contributed by atoms with van der Waals surface area (Å²) < 4.78 is 5.27. The zero-order valence-electron chi connectivity index (χ0n) is 12.5. The summed E-state index contributed by atoms with van der Waals surface area (Å²) in [4.78, 5) is 12.4. The highest BCUT2D eigenvalue weighted by molar-refractivity contribution is 5.97. The predicted molar refractivity (Wildman–Crippen MR) is 80.3 cm³/mol. The molecule has 1 fully saturated rings. The number of methoxy groups -OCH3 is 1. The lowest BCUT2D eigenvalue weighted by molar-refractivity contribution is 0.0925. The van der Waals surface area contributed by atoms with Crippen molar-refractivity contribution < 1.29 is 9.53 Å². The van der Waals surface area contributed by atoms with E-state index in [0.29, 0.717) is 17.4 Å². The molecular formula is C16H24N2O2. The fourth-order valence-electron chi connectivity index (χ4n) is 2.69. The molecular weight excluding hydrogens is 252 g/mol. The first-order chi connectivity index (χ1) is 9.61. The number of carbonyl (C=O) groups excluding carboxylic acids is 1. The van der Waals surface area contributed by atoms with Crippen LogP contribution in [0.4, 0.5) is 0 Å². The molecule has 4 heteroatoms. The molecule has 0 radical (unpaired) electrons. The summed E-state index contributed by atoms with van der Waals surface area (Å²) in [6, 6.07) is 6.14. The van der Waals surface area contributed by atoms with Gasteiger partial charge in [0.1, 0.15) is 5.75 Å². The molecule has 2 unspecified atom stereocenters. The minimum atomic E-state index is -0.0644. The monoisotopic (exact) mass is 276 g/mol. The molecule has 1 heterocycles. The summed E-state index contributed by atoms with van der Waals surface area (Å²) in [6.07, 6.45) is 3.57. The fraction of sp³-hybridized carbons (Fsp3) is 0.562. The van der Waals surface area contributed by atoms with Crippen molar-refractivity contribution in [3.05, 3.63) is 29.3 Å². The first kappa shape index (κ1) is 14.9. The summed E-state index contributed by atoms with van der Waals surface area (Å²) >= 11 is 0. The Bertz CT molecular complexity index is 468. The third-order valence-electron chi connectivity index (χ3n) is 3.91. The SMILES string of the molecule is COc1ccc(C)cc1C(=O)NC(C)C1CCCCN1. The summed E-state index contributed by atoms with van der Waals surface area (Å²) in [5.41, 5.74) is 1.66. The molecule has 20 heavy (non-hydrogen) atoms. The van der Waals surface area contributed by atoms with Gasteiger partial charge in [0.2, 0.25) is 0 Å². The largest absolute Gasteiger partial charge is 0.496 e. The van der Waals surface area contributed by atoms with Gasteiger partial charge < -0.3 is 15.4 Å². The first-order valence-electron chi connectivity index (χ1n) is 7.30. The van der Waals surface area contributed by atoms with Crippen LogP contribution in [0.3, 0.4) is 0 Å². The molecule has 1 aliphatic rings. The third-order valence-corrected chi connectivity index (χ3v) is 3.91. The lowest BCUT2D eigenvalue weighted by Gasteiger charge is -2.29. The van der Waals surface area contributed by atoms with Crippen LogP contribution in [0, 0.1) is 6.92 Å². The number of hydrogen-bond acceptors (Lipinski definition) is 3. The molecule has 0 aromatic heterocycles. The van der Waals surface area contributed by atoms with Gasteiger partial charge in [0.05, 0.1) is 12.7 Å². The highest BCUT2D eigenvalue weighted by Gasteiger charge is 2.22. The molecule has 2 N–H and O–H groups in total. The smallest absolute Gasteiger partial charge is 0.255 e. The number of nitrogens with one attached hydrogen (secondary N) is 2. The van der Waals surface area contributed by atoms with E-state index in [2.05, 4.69) is 17.6 Å². The Labute approximate surface area is 120 Å². The lowest BCUT2D eigenvalue weighted by Crippen LogP contribution is -2.50. The molecule has 0 bridgehead atoms. The standard InChI is InChI=1S/C16H24N2O2/c1-11-7-8-15(20-3)13(10-11)16(19)18-12(2)14-6-4-5-9-17-14/h7-8,10,12,14,17H,4-6,9H2,1-3H3,(H,18,19). The van der Waals surface area contributed by atoms with Gasteiger partial charge >= 0.3 is 0 Å². The van der Waals surface area contributed by atoms with E-state index in [-0.39, 0.29) is 11.9 Å². The Morgan fingerprint density at radius 1 is 1.45 bits per heavy atom. The van der Waals surface area contributed by atoms with E-state index in [4.69, 9.17) is 4.74 Å². The normalized spacial score (nSPS) is 20.2. The topological polar surface area (TPSA) is 50.4 Å². The quantitative estimate of drug-likeness (QED) is 0.887. The van der Waals surface area contributed by atoms with Gasteiger partial charge in [-0.05, 0) is 45.4 Å². The van der Waals surface area contributed by atoms with Crippen molar-refractivity contribution in [3.8, 4) is 5.75 Å². The van der Waals surface area contributed by atoms with Crippen LogP contribution in [-0.2, 0) is 0 Å². The Hall–Kier alpha value is -1.55. The van der Waals surface area contributed by atoms with E-state index in [0.717, 1.165) is 18.5 Å². The average molecular weight is 276 g/mol. The van der Waals surface area contributed by atoms with E-state index in [1.54, 1.807) is 7.11 Å². The summed E-state index contributed by atoms with van der Waals surface area (Å²) in [5.74, 6) is 0.558. The highest BCUT2D eigenvalue weighted by atomic mass is 16.5. The first-order valence-corrected chi connectivity index (χ1v) is 7.30. The minimum Gasteiger partial charge on any atom is -0.496 e. The molecule has 110 valence electrons. The van der Waals surface area contributed by atoms with Crippen LogP contribution in [0.5, 0.6) is 5.75 Å². The highest BCUT2D eigenvalue weighted by Crippen LogP contribution is 2.20. The van der Waals surface area contributed by atoms with Gasteiger partial charge in [-0.15, -0.1) is 0 Å². The number of aryl methyl sites for hydroxylation is 1. The number of benzene rings is 1. The second-order valence-electron chi connectivity index (χ2n) is 5.52. The van der Waals surface area contributed by atoms with Crippen molar-refractivity contribution in [2.24, 2.45) is 0 Å². The van der Waals surface area contributed by atoms with Crippen LogP contribution >= 0.6 is 0 Å². The third kappa shape index (κ3) is 3.51. The Kier molecular flexibility index (Phi) is 5.01. The van der Waals surface area contributed by atoms with Crippen molar-refractivity contribution >= 4 is 5.91 Å². The van der Waals surface area contributed by atoms with Crippen molar-refractivity contribution in [3.63, 3.8) is 0 Å². The van der Waals surface area contributed by atoms with Gasteiger partial charge in [0.25, 0.3) is 5.91 Å². The van der Waals surface area contributed by atoms with E-state index < -0.39 is 0 Å². The van der Waals surface area contributed by atoms with Crippen molar-refractivity contribution in [2.75, 3.05) is 13.7 Å². The van der Waals surface area contributed by atoms with Gasteiger partial charge in [0.15, 0.2) is 0 Å². The molecule has 0 spiro atoms. The van der Waals surface area contributed by atoms with Crippen molar-refractivity contribution in [1.82, 2.24) is 10.6 Å². The summed E-state index contributed by atoms with van der Waals surface area (Å²) in [5, 5.41) is 6.56. The van der Waals surface area contributed by atoms with Crippen molar-refractivity contribution in [2.45, 2.75) is 45.2 Å². The Morgan fingerprint density at radius 2 is 2.25 bits per heavy atom. The van der Waals surface area contributed by atoms with Crippen LogP contribution in [0.2, 0.25) is 0 Å². The number of rotatable bonds is 4. The second kappa shape index (κ2) is 6.75. The van der Waals surface area contributed by atoms with E-state index in [9.17, 15) is 4.79 Å². The number of hydrogen-bond donors (Lipinski definition) is 2. The average Bonchev–Trinajstić information content (AvgIpc) is 2.48. The van der Waals surface area contributed by atoms with Gasteiger partial charge in [-0.2, -0.15) is 0 Å². The number of piperidine rings is 1. The molecule has 1 aromatic rings. The molecule has 2 rings (SSSR count). The van der Waals surface area contributed by atoms with Crippen LogP contribution < -0.4 is 15.4 Å². The zero-order chi connectivity index (χ0) is 14.5. The molecule has 4 nitrogen and oxygen atoms in total. The van der Waals surface area contributed by atoms with Crippen molar-refractivity contribution in [1.29, 1.82) is 0 Å². The maximum Gasteiger partial charge on any atom is 0.255 e. The maximum absolute atomic E-state index is 12.4. The molecule has 1 aromatic carbocycles.